The van der Waals surface area contributed by atoms with Crippen molar-refractivity contribution in [2.75, 3.05) is 19.6 Å². The fourth-order valence-corrected chi connectivity index (χ4v) is 3.03. The van der Waals surface area contributed by atoms with Crippen molar-refractivity contribution in [1.29, 1.82) is 0 Å². The highest BCUT2D eigenvalue weighted by atomic mass is 127. The van der Waals surface area contributed by atoms with Gasteiger partial charge in [-0.2, -0.15) is 0 Å². The van der Waals surface area contributed by atoms with E-state index in [1.54, 1.807) is 0 Å². The number of nitrogens with one attached hydrogen (secondary N) is 1. The lowest BCUT2D eigenvalue weighted by molar-refractivity contribution is 0.267. The maximum atomic E-state index is 5.94. The molecule has 1 aromatic carbocycles. The summed E-state index contributed by atoms with van der Waals surface area (Å²) in [5, 5.41) is 3.25. The lowest BCUT2D eigenvalue weighted by atomic mass is 10.2. The first-order valence-corrected chi connectivity index (χ1v) is 8.01. The van der Waals surface area contributed by atoms with Gasteiger partial charge in [0.2, 0.25) is 0 Å². The summed E-state index contributed by atoms with van der Waals surface area (Å²) in [6.45, 7) is 6.02. The fourth-order valence-electron chi connectivity index (χ4n) is 2.62. The summed E-state index contributed by atoms with van der Waals surface area (Å²) in [6, 6.07) is 8.68. The van der Waals surface area contributed by atoms with Crippen LogP contribution in [0.3, 0.4) is 0 Å². The summed E-state index contributed by atoms with van der Waals surface area (Å²) in [5.74, 6) is 0.531. The second kappa shape index (κ2) is 9.63. The Morgan fingerprint density at radius 3 is 2.95 bits per heavy atom. The highest BCUT2D eigenvalue weighted by Gasteiger charge is 2.22. The average Bonchev–Trinajstić information content (AvgIpc) is 2.91. The molecule has 118 valence electrons. The molecule has 0 spiro atoms. The van der Waals surface area contributed by atoms with Crippen LogP contribution in [0.4, 0.5) is 0 Å². The van der Waals surface area contributed by atoms with Gasteiger partial charge in [0, 0.05) is 17.1 Å². The monoisotopic (exact) mass is 466 g/mol. The number of nitrogens with two attached hydrogens (primary N) is 1. The van der Waals surface area contributed by atoms with Crippen LogP contribution >= 0.6 is 39.9 Å². The predicted molar refractivity (Wildman–Crippen MR) is 103 cm³/mol. The quantitative estimate of drug-likeness (QED) is 0.398. The molecule has 1 aliphatic heterocycles. The number of halogens is 2. The van der Waals surface area contributed by atoms with E-state index in [-0.39, 0.29) is 24.0 Å². The molecule has 1 aromatic rings. The Morgan fingerprint density at radius 2 is 2.24 bits per heavy atom. The van der Waals surface area contributed by atoms with Gasteiger partial charge in [-0.05, 0) is 37.6 Å². The summed E-state index contributed by atoms with van der Waals surface area (Å²) < 4.78 is 1.07. The number of likely N-dealkylation sites (tertiary alicyclic amines) is 1. The zero-order valence-electron chi connectivity index (χ0n) is 12.4. The number of aliphatic imine (C=N–C) groups is 1. The molecule has 1 heterocycles. The van der Waals surface area contributed by atoms with Crippen LogP contribution in [0.15, 0.2) is 33.7 Å². The third-order valence-electron chi connectivity index (χ3n) is 3.80. The van der Waals surface area contributed by atoms with Crippen LogP contribution in [0.1, 0.15) is 25.3 Å². The summed E-state index contributed by atoms with van der Waals surface area (Å²) >= 11 is 3.52. The summed E-state index contributed by atoms with van der Waals surface area (Å²) in [5.41, 5.74) is 7.09. The van der Waals surface area contributed by atoms with E-state index in [1.807, 2.05) is 18.2 Å². The van der Waals surface area contributed by atoms with Crippen LogP contribution in [0.25, 0.3) is 0 Å². The van der Waals surface area contributed by atoms with Crippen molar-refractivity contribution in [3.8, 4) is 0 Å². The van der Waals surface area contributed by atoms with Crippen molar-refractivity contribution < 1.29 is 0 Å². The minimum Gasteiger partial charge on any atom is -0.370 e. The Morgan fingerprint density at radius 1 is 1.48 bits per heavy atom. The van der Waals surface area contributed by atoms with Crippen LogP contribution in [-0.4, -0.2) is 36.5 Å². The molecule has 0 aromatic heterocycles. The molecule has 4 nitrogen and oxygen atoms in total. The van der Waals surface area contributed by atoms with Crippen molar-refractivity contribution in [2.45, 2.75) is 32.4 Å². The summed E-state index contributed by atoms with van der Waals surface area (Å²) in [7, 11) is 0. The molecule has 6 heteroatoms. The van der Waals surface area contributed by atoms with E-state index in [1.165, 1.54) is 19.4 Å². The zero-order valence-corrected chi connectivity index (χ0v) is 16.3. The molecule has 0 bridgehead atoms. The summed E-state index contributed by atoms with van der Waals surface area (Å²) in [6.07, 6.45) is 2.53. The smallest absolute Gasteiger partial charge is 0.188 e. The van der Waals surface area contributed by atoms with Crippen molar-refractivity contribution in [1.82, 2.24) is 10.2 Å². The van der Waals surface area contributed by atoms with Gasteiger partial charge in [-0.25, -0.2) is 4.99 Å². The van der Waals surface area contributed by atoms with E-state index in [0.717, 1.165) is 23.1 Å². The normalized spacial score (nSPS) is 19.3. The van der Waals surface area contributed by atoms with Crippen LogP contribution in [-0.2, 0) is 6.54 Å². The molecule has 1 saturated heterocycles. The molecular weight excluding hydrogens is 443 g/mol. The van der Waals surface area contributed by atoms with Crippen molar-refractivity contribution in [2.24, 2.45) is 10.7 Å². The number of benzene rings is 1. The van der Waals surface area contributed by atoms with Gasteiger partial charge in [0.05, 0.1) is 6.54 Å². The summed E-state index contributed by atoms with van der Waals surface area (Å²) in [4.78, 5) is 6.90. The topological polar surface area (TPSA) is 53.6 Å². The first kappa shape index (κ1) is 18.7. The molecule has 1 fully saturated rings. The molecule has 0 saturated carbocycles. The molecule has 1 unspecified atom stereocenters. The van der Waals surface area contributed by atoms with Crippen molar-refractivity contribution in [3.63, 3.8) is 0 Å². The van der Waals surface area contributed by atoms with E-state index in [0.29, 0.717) is 18.5 Å². The number of nitrogens with zero attached hydrogens (tertiary/aromatic N) is 2. The lowest BCUT2D eigenvalue weighted by Crippen LogP contribution is -2.42. The van der Waals surface area contributed by atoms with Gasteiger partial charge in [-0.3, -0.25) is 4.90 Å². The Labute approximate surface area is 152 Å². The number of rotatable bonds is 5. The van der Waals surface area contributed by atoms with E-state index in [2.05, 4.69) is 44.1 Å². The average molecular weight is 467 g/mol. The third-order valence-corrected chi connectivity index (χ3v) is 4.58. The molecule has 21 heavy (non-hydrogen) atoms. The SMILES string of the molecule is CCN1CCCC1CNC(N)=NCc1ccccc1Br.I. The van der Waals surface area contributed by atoms with Crippen LogP contribution in [0.5, 0.6) is 0 Å². The van der Waals surface area contributed by atoms with E-state index in [9.17, 15) is 0 Å². The van der Waals surface area contributed by atoms with Gasteiger partial charge < -0.3 is 11.1 Å². The second-order valence-corrected chi connectivity index (χ2v) is 5.95. The third kappa shape index (κ3) is 5.75. The van der Waals surface area contributed by atoms with Crippen LogP contribution < -0.4 is 11.1 Å². The van der Waals surface area contributed by atoms with Gasteiger partial charge in [0.1, 0.15) is 0 Å². The van der Waals surface area contributed by atoms with Gasteiger partial charge in [0.25, 0.3) is 0 Å². The first-order chi connectivity index (χ1) is 9.70. The highest BCUT2D eigenvalue weighted by Crippen LogP contribution is 2.17. The minimum absolute atomic E-state index is 0. The maximum absolute atomic E-state index is 5.94. The molecule has 1 atom stereocenters. The lowest BCUT2D eigenvalue weighted by Gasteiger charge is -2.23. The number of likely N-dealkylation sites (N-methyl/N-ethyl adjacent to an activating group) is 1. The molecule has 3 N–H and O–H groups in total. The van der Waals surface area contributed by atoms with E-state index < -0.39 is 0 Å². The van der Waals surface area contributed by atoms with Crippen molar-refractivity contribution in [3.05, 3.63) is 34.3 Å². The molecule has 0 radical (unpaired) electrons. The zero-order chi connectivity index (χ0) is 14.4. The number of hydrogen-bond donors (Lipinski definition) is 2. The Kier molecular flexibility index (Phi) is 8.58. The Hall–Kier alpha value is -0.340. The fraction of sp³-hybridized carbons (Fsp3) is 0.533. The molecule has 0 aliphatic carbocycles. The maximum Gasteiger partial charge on any atom is 0.188 e. The largest absolute Gasteiger partial charge is 0.370 e. The number of guanidine groups is 1. The molecule has 1 aliphatic rings. The van der Waals surface area contributed by atoms with Gasteiger partial charge in [0.15, 0.2) is 5.96 Å². The number of hydrogen-bond acceptors (Lipinski definition) is 2. The van der Waals surface area contributed by atoms with Gasteiger partial charge >= 0.3 is 0 Å². The second-order valence-electron chi connectivity index (χ2n) is 5.10. The molecular formula is C15H24BrIN4. The first-order valence-electron chi connectivity index (χ1n) is 7.22. The molecule has 2 rings (SSSR count). The van der Waals surface area contributed by atoms with E-state index >= 15 is 0 Å². The standard InChI is InChI=1S/C15H23BrN4.HI/c1-2-20-9-5-7-13(20)11-19-15(17)18-10-12-6-3-4-8-14(12)16;/h3-4,6,8,13H,2,5,7,9-11H2,1H3,(H3,17,18,19);1H. The van der Waals surface area contributed by atoms with E-state index in [4.69, 9.17) is 5.73 Å². The van der Waals surface area contributed by atoms with Crippen LogP contribution in [0, 0.1) is 0 Å². The predicted octanol–water partition coefficient (Wildman–Crippen LogP) is 2.96. The minimum atomic E-state index is 0. The van der Waals surface area contributed by atoms with Crippen LogP contribution in [0.2, 0.25) is 0 Å². The Bertz CT molecular complexity index is 467. The highest BCUT2D eigenvalue weighted by molar-refractivity contribution is 14.0. The van der Waals surface area contributed by atoms with Gasteiger partial charge in [-0.1, -0.05) is 41.1 Å². The van der Waals surface area contributed by atoms with Crippen molar-refractivity contribution >= 4 is 45.9 Å². The Balaban J connectivity index is 0.00000220. The molecule has 0 amide bonds. The van der Waals surface area contributed by atoms with Gasteiger partial charge in [-0.15, -0.1) is 24.0 Å².